The first-order valence-electron chi connectivity index (χ1n) is 10.1. The number of hydrogen-bond acceptors (Lipinski definition) is 8. The fourth-order valence-corrected chi connectivity index (χ4v) is 3.36. The molecule has 0 saturated carbocycles. The highest BCUT2D eigenvalue weighted by molar-refractivity contribution is 6.30. The zero-order chi connectivity index (χ0) is 22.3. The molecule has 1 aromatic heterocycles. The van der Waals surface area contributed by atoms with Crippen molar-refractivity contribution in [3.8, 4) is 0 Å². The Hall–Kier alpha value is -3.43. The number of carbonyl (C=O) groups is 1. The minimum absolute atomic E-state index is 0.175. The SMILES string of the molecule is CN(c1cccc(Cl)c1)c1ncnc(Nc2cccc(CNC(=O)O[C@@H]3CCOC3)c2)n1. The highest BCUT2D eigenvalue weighted by Gasteiger charge is 2.19. The van der Waals surface area contributed by atoms with E-state index in [0.717, 1.165) is 23.4 Å². The molecule has 0 unspecified atom stereocenters. The van der Waals surface area contributed by atoms with E-state index in [4.69, 9.17) is 21.1 Å². The largest absolute Gasteiger partial charge is 0.444 e. The summed E-state index contributed by atoms with van der Waals surface area (Å²) in [6.07, 6.45) is 1.55. The van der Waals surface area contributed by atoms with Crippen LogP contribution in [-0.2, 0) is 16.0 Å². The van der Waals surface area contributed by atoms with Crippen LogP contribution in [0.15, 0.2) is 54.9 Å². The Labute approximate surface area is 190 Å². The molecule has 0 spiro atoms. The first-order chi connectivity index (χ1) is 15.6. The average molecular weight is 455 g/mol. The van der Waals surface area contributed by atoms with Gasteiger partial charge in [-0.25, -0.2) is 14.8 Å². The molecule has 32 heavy (non-hydrogen) atoms. The molecule has 4 rings (SSSR count). The van der Waals surface area contributed by atoms with Crippen molar-refractivity contribution in [2.75, 3.05) is 30.5 Å². The molecule has 1 aliphatic rings. The second-order valence-corrected chi connectivity index (χ2v) is 7.65. The van der Waals surface area contributed by atoms with E-state index in [0.29, 0.717) is 36.7 Å². The summed E-state index contributed by atoms with van der Waals surface area (Å²) >= 11 is 6.09. The highest BCUT2D eigenvalue weighted by atomic mass is 35.5. The summed E-state index contributed by atoms with van der Waals surface area (Å²) in [5, 5.41) is 6.57. The fourth-order valence-electron chi connectivity index (χ4n) is 3.17. The quantitative estimate of drug-likeness (QED) is 0.551. The maximum absolute atomic E-state index is 11.9. The van der Waals surface area contributed by atoms with E-state index in [1.165, 1.54) is 6.33 Å². The standard InChI is InChI=1S/C22H23ClN6O3/c1-29(18-7-3-5-16(23)11-18)21-26-14-25-20(28-21)27-17-6-2-4-15(10-17)12-24-22(30)32-19-8-9-31-13-19/h2-7,10-11,14,19H,8-9,12-13H2,1H3,(H,24,30)(H,25,26,27,28)/t19-/m1/s1. The van der Waals surface area contributed by atoms with Gasteiger partial charge >= 0.3 is 6.09 Å². The van der Waals surface area contributed by atoms with Crippen LogP contribution in [0, 0.1) is 0 Å². The molecular formula is C22H23ClN6O3. The number of carbonyl (C=O) groups excluding carboxylic acids is 1. The molecule has 166 valence electrons. The smallest absolute Gasteiger partial charge is 0.407 e. The van der Waals surface area contributed by atoms with Gasteiger partial charge in [0, 0.05) is 36.4 Å². The van der Waals surface area contributed by atoms with Crippen LogP contribution in [-0.4, -0.2) is 47.4 Å². The van der Waals surface area contributed by atoms with E-state index in [9.17, 15) is 4.79 Å². The van der Waals surface area contributed by atoms with E-state index in [2.05, 4.69) is 25.6 Å². The molecule has 2 heterocycles. The van der Waals surface area contributed by atoms with Gasteiger partial charge in [0.05, 0.1) is 13.2 Å². The van der Waals surface area contributed by atoms with Gasteiger partial charge < -0.3 is 25.0 Å². The molecule has 3 aromatic rings. The number of hydrogen-bond donors (Lipinski definition) is 2. The lowest BCUT2D eigenvalue weighted by molar-refractivity contribution is 0.0828. The molecule has 1 fully saturated rings. The number of aromatic nitrogens is 3. The monoisotopic (exact) mass is 454 g/mol. The van der Waals surface area contributed by atoms with Gasteiger partial charge in [-0.2, -0.15) is 4.98 Å². The predicted molar refractivity (Wildman–Crippen MR) is 122 cm³/mol. The summed E-state index contributed by atoms with van der Waals surface area (Å²) in [7, 11) is 1.86. The van der Waals surface area contributed by atoms with Crippen molar-refractivity contribution in [1.29, 1.82) is 0 Å². The molecule has 1 amide bonds. The van der Waals surface area contributed by atoms with Crippen molar-refractivity contribution in [3.63, 3.8) is 0 Å². The lowest BCUT2D eigenvalue weighted by Crippen LogP contribution is -2.28. The molecule has 0 aliphatic carbocycles. The van der Waals surface area contributed by atoms with E-state index in [1.54, 1.807) is 0 Å². The summed E-state index contributed by atoms with van der Waals surface area (Å²) < 4.78 is 10.5. The number of rotatable bonds is 7. The van der Waals surface area contributed by atoms with Crippen molar-refractivity contribution in [2.24, 2.45) is 0 Å². The Morgan fingerprint density at radius 1 is 1.25 bits per heavy atom. The number of ether oxygens (including phenoxy) is 2. The summed E-state index contributed by atoms with van der Waals surface area (Å²) in [6.45, 7) is 1.41. The topological polar surface area (TPSA) is 102 Å². The Morgan fingerprint density at radius 3 is 2.94 bits per heavy atom. The van der Waals surface area contributed by atoms with Crippen molar-refractivity contribution >= 4 is 41.0 Å². The summed E-state index contributed by atoms with van der Waals surface area (Å²) in [4.78, 5) is 26.7. The second-order valence-electron chi connectivity index (χ2n) is 7.22. The van der Waals surface area contributed by atoms with Gasteiger partial charge in [0.2, 0.25) is 11.9 Å². The number of alkyl carbamates (subject to hydrolysis) is 1. The average Bonchev–Trinajstić information content (AvgIpc) is 3.31. The summed E-state index contributed by atoms with van der Waals surface area (Å²) in [5.74, 6) is 0.871. The van der Waals surface area contributed by atoms with Crippen LogP contribution in [0.4, 0.5) is 28.1 Å². The Kier molecular flexibility index (Phi) is 6.98. The van der Waals surface area contributed by atoms with Crippen LogP contribution in [0.3, 0.4) is 0 Å². The van der Waals surface area contributed by atoms with Crippen molar-refractivity contribution in [3.05, 3.63) is 65.4 Å². The highest BCUT2D eigenvalue weighted by Crippen LogP contribution is 2.24. The molecule has 1 saturated heterocycles. The lowest BCUT2D eigenvalue weighted by Gasteiger charge is -2.17. The van der Waals surface area contributed by atoms with Crippen LogP contribution < -0.4 is 15.5 Å². The summed E-state index contributed by atoms with van der Waals surface area (Å²) in [5.41, 5.74) is 2.54. The summed E-state index contributed by atoms with van der Waals surface area (Å²) in [6, 6.07) is 15.0. The minimum atomic E-state index is -0.454. The van der Waals surface area contributed by atoms with E-state index >= 15 is 0 Å². The van der Waals surface area contributed by atoms with Gasteiger partial charge in [-0.15, -0.1) is 0 Å². The number of halogens is 1. The Morgan fingerprint density at radius 2 is 2.12 bits per heavy atom. The van der Waals surface area contributed by atoms with E-state index in [-0.39, 0.29) is 6.10 Å². The molecule has 0 radical (unpaired) electrons. The van der Waals surface area contributed by atoms with Crippen LogP contribution in [0.25, 0.3) is 0 Å². The Bertz CT molecular complexity index is 1080. The number of nitrogens with one attached hydrogen (secondary N) is 2. The third kappa shape index (κ3) is 5.83. The number of benzene rings is 2. The van der Waals surface area contributed by atoms with Crippen LogP contribution in [0.1, 0.15) is 12.0 Å². The minimum Gasteiger partial charge on any atom is -0.444 e. The molecule has 1 atom stereocenters. The molecule has 9 nitrogen and oxygen atoms in total. The van der Waals surface area contributed by atoms with Crippen molar-refractivity contribution in [2.45, 2.75) is 19.1 Å². The maximum Gasteiger partial charge on any atom is 0.407 e. The fraction of sp³-hybridized carbons (Fsp3) is 0.273. The van der Waals surface area contributed by atoms with Crippen LogP contribution in [0.2, 0.25) is 5.02 Å². The van der Waals surface area contributed by atoms with Crippen molar-refractivity contribution in [1.82, 2.24) is 20.3 Å². The molecular weight excluding hydrogens is 432 g/mol. The van der Waals surface area contributed by atoms with Gasteiger partial charge in [0.15, 0.2) is 0 Å². The zero-order valence-corrected chi connectivity index (χ0v) is 18.2. The lowest BCUT2D eigenvalue weighted by atomic mass is 10.2. The van der Waals surface area contributed by atoms with E-state index in [1.807, 2.05) is 60.5 Å². The Balaban J connectivity index is 1.38. The first kappa shape index (κ1) is 21.8. The molecule has 10 heteroatoms. The predicted octanol–water partition coefficient (Wildman–Crippen LogP) is 4.05. The normalized spacial score (nSPS) is 15.2. The first-order valence-corrected chi connectivity index (χ1v) is 10.5. The van der Waals surface area contributed by atoms with Gasteiger partial charge in [-0.1, -0.05) is 29.8 Å². The number of anilines is 4. The van der Waals surface area contributed by atoms with Gasteiger partial charge in [-0.3, -0.25) is 0 Å². The molecule has 2 aromatic carbocycles. The maximum atomic E-state index is 11.9. The number of nitrogens with zero attached hydrogens (tertiary/aromatic N) is 4. The third-order valence-corrected chi connectivity index (χ3v) is 5.07. The third-order valence-electron chi connectivity index (χ3n) is 4.84. The van der Waals surface area contributed by atoms with Gasteiger partial charge in [0.25, 0.3) is 0 Å². The van der Waals surface area contributed by atoms with Gasteiger partial charge in [-0.05, 0) is 35.9 Å². The molecule has 2 N–H and O–H groups in total. The van der Waals surface area contributed by atoms with Crippen LogP contribution in [0.5, 0.6) is 0 Å². The van der Waals surface area contributed by atoms with E-state index < -0.39 is 6.09 Å². The zero-order valence-electron chi connectivity index (χ0n) is 17.5. The molecule has 0 bridgehead atoms. The molecule has 1 aliphatic heterocycles. The van der Waals surface area contributed by atoms with Crippen molar-refractivity contribution < 1.29 is 14.3 Å². The van der Waals surface area contributed by atoms with Crippen LogP contribution >= 0.6 is 11.6 Å². The second kappa shape index (κ2) is 10.3. The van der Waals surface area contributed by atoms with Gasteiger partial charge in [0.1, 0.15) is 12.4 Å². The number of amides is 1.